The van der Waals surface area contributed by atoms with Crippen molar-refractivity contribution in [2.75, 3.05) is 0 Å². The van der Waals surface area contributed by atoms with E-state index >= 15 is 0 Å². The van der Waals surface area contributed by atoms with Crippen LogP contribution < -0.4 is 0 Å². The predicted molar refractivity (Wildman–Crippen MR) is 36.4 cm³/mol. The molecule has 0 aliphatic carbocycles. The number of aliphatic hydroxyl groups excluding tert-OH is 1. The van der Waals surface area contributed by atoms with Crippen LogP contribution in [0.5, 0.6) is 0 Å². The standard InChI is InChI=1S/C3H6O3.CH2O.Al.Ti.3H/c1-2(4)3(5)6;1-2;;;;;/h2,4H,1H3,(H,5,6);1H2;;;;;. The number of carboxylic acids is 1. The van der Waals surface area contributed by atoms with Gasteiger partial charge in [0.05, 0.1) is 0 Å². The Bertz CT molecular complexity index is 77.7. The summed E-state index contributed by atoms with van der Waals surface area (Å²) in [5.74, 6) is -1.19. The molecule has 0 aromatic carbocycles. The molecule has 10 heavy (non-hydrogen) atoms. The van der Waals surface area contributed by atoms with Crippen LogP contribution in [0.4, 0.5) is 0 Å². The second-order valence-electron chi connectivity index (χ2n) is 1.01. The van der Waals surface area contributed by atoms with Crippen LogP contribution in [-0.2, 0) is 31.3 Å². The molecule has 0 aliphatic rings. The fourth-order valence-electron chi connectivity index (χ4n) is 0. The third-order valence-electron chi connectivity index (χ3n) is 0.357. The molecule has 6 heteroatoms. The maximum Gasteiger partial charge on any atom is 0.332 e. The summed E-state index contributed by atoms with van der Waals surface area (Å²) in [6, 6.07) is 0. The van der Waals surface area contributed by atoms with Gasteiger partial charge in [0.15, 0.2) is 17.4 Å². The van der Waals surface area contributed by atoms with Crippen LogP contribution in [0.25, 0.3) is 0 Å². The van der Waals surface area contributed by atoms with Gasteiger partial charge >= 0.3 is 5.97 Å². The molecule has 0 fully saturated rings. The Hall–Kier alpha value is 0.347. The summed E-state index contributed by atoms with van der Waals surface area (Å²) in [5.41, 5.74) is 0. The zero-order chi connectivity index (χ0) is 7.15. The zero-order valence-electron chi connectivity index (χ0n) is 5.00. The van der Waals surface area contributed by atoms with Crippen LogP contribution in [0.15, 0.2) is 0 Å². The Kier molecular flexibility index (Phi) is 36.3. The van der Waals surface area contributed by atoms with Crippen LogP contribution in [0.3, 0.4) is 0 Å². The molecule has 58 valence electrons. The van der Waals surface area contributed by atoms with Crippen molar-refractivity contribution in [3.63, 3.8) is 0 Å². The van der Waals surface area contributed by atoms with Gasteiger partial charge in [-0.3, -0.25) is 0 Å². The minimum absolute atomic E-state index is 0. The quantitative estimate of drug-likeness (QED) is 0.481. The van der Waals surface area contributed by atoms with Gasteiger partial charge in [-0.15, -0.1) is 0 Å². The Balaban J connectivity index is -0.0000000412. The Morgan fingerprint density at radius 2 is 1.60 bits per heavy atom. The molecule has 0 bridgehead atoms. The van der Waals surface area contributed by atoms with Gasteiger partial charge in [0.1, 0.15) is 12.9 Å². The molecular weight excluding hydrogens is 187 g/mol. The van der Waals surface area contributed by atoms with Gasteiger partial charge in [0.2, 0.25) is 0 Å². The molecule has 0 spiro atoms. The van der Waals surface area contributed by atoms with Crippen LogP contribution in [-0.4, -0.2) is 46.4 Å². The third kappa shape index (κ3) is 23.8. The van der Waals surface area contributed by atoms with Crippen molar-refractivity contribution in [1.29, 1.82) is 0 Å². The molecule has 0 amide bonds. The van der Waals surface area contributed by atoms with Gasteiger partial charge < -0.3 is 15.0 Å². The van der Waals surface area contributed by atoms with E-state index in [1.165, 1.54) is 6.92 Å². The molecule has 1 atom stereocenters. The molecular formula is C4H11AlO4Ti. The molecule has 0 saturated heterocycles. The number of carboxylic acid groups (broad SMARTS) is 1. The van der Waals surface area contributed by atoms with Crippen molar-refractivity contribution in [3.8, 4) is 0 Å². The number of carbonyl (C=O) groups excluding carboxylic acids is 1. The first-order valence-electron chi connectivity index (χ1n) is 1.84. The summed E-state index contributed by atoms with van der Waals surface area (Å²) in [4.78, 5) is 17.4. The molecule has 0 aromatic rings. The predicted octanol–water partition coefficient (Wildman–Crippen LogP) is -1.92. The molecule has 0 aromatic heterocycles. The maximum atomic E-state index is 9.45. The summed E-state index contributed by atoms with van der Waals surface area (Å²) < 4.78 is 0. The number of rotatable bonds is 1. The van der Waals surface area contributed by atoms with E-state index in [1.807, 2.05) is 6.79 Å². The van der Waals surface area contributed by atoms with Crippen molar-refractivity contribution in [2.45, 2.75) is 13.0 Å². The summed E-state index contributed by atoms with van der Waals surface area (Å²) in [6.45, 7) is 3.20. The van der Waals surface area contributed by atoms with Gasteiger partial charge in [-0.25, -0.2) is 4.79 Å². The first-order chi connectivity index (χ1) is 3.64. The molecule has 4 nitrogen and oxygen atoms in total. The fourth-order valence-corrected chi connectivity index (χ4v) is 0. The molecule has 0 aliphatic heterocycles. The number of aliphatic carboxylic acids is 1. The van der Waals surface area contributed by atoms with Crippen molar-refractivity contribution < 1.29 is 41.5 Å². The maximum absolute atomic E-state index is 9.45. The van der Waals surface area contributed by atoms with Crippen LogP contribution in [0.1, 0.15) is 6.92 Å². The first kappa shape index (κ1) is 22.4. The van der Waals surface area contributed by atoms with E-state index in [0.29, 0.717) is 0 Å². The van der Waals surface area contributed by atoms with Gasteiger partial charge in [-0.05, 0) is 6.92 Å². The van der Waals surface area contributed by atoms with Crippen molar-refractivity contribution in [3.05, 3.63) is 0 Å². The molecule has 0 rings (SSSR count). The normalized spacial score (nSPS) is 8.60. The van der Waals surface area contributed by atoms with Gasteiger partial charge in [0.25, 0.3) is 0 Å². The number of aliphatic hydroxyl groups is 1. The van der Waals surface area contributed by atoms with Gasteiger partial charge in [0, 0.05) is 21.7 Å². The zero-order valence-corrected chi connectivity index (χ0v) is 6.56. The van der Waals surface area contributed by atoms with E-state index in [2.05, 4.69) is 0 Å². The SMILES string of the molecule is C=O.CC(O)C(=O)O.[AlH3].[Ti]. The van der Waals surface area contributed by atoms with Gasteiger partial charge in [-0.2, -0.15) is 0 Å². The van der Waals surface area contributed by atoms with Crippen LogP contribution in [0.2, 0.25) is 0 Å². The number of hydrogen-bond acceptors (Lipinski definition) is 3. The minimum Gasteiger partial charge on any atom is -0.479 e. The first-order valence-corrected chi connectivity index (χ1v) is 1.84. The van der Waals surface area contributed by atoms with Crippen LogP contribution in [0, 0.1) is 0 Å². The van der Waals surface area contributed by atoms with Crippen LogP contribution >= 0.6 is 0 Å². The van der Waals surface area contributed by atoms with E-state index < -0.39 is 12.1 Å². The second-order valence-corrected chi connectivity index (χ2v) is 1.01. The third-order valence-corrected chi connectivity index (χ3v) is 0.357. The Labute approximate surface area is 84.6 Å². The summed E-state index contributed by atoms with van der Waals surface area (Å²) in [6.07, 6.45) is -1.23. The average Bonchev–Trinajstić information content (AvgIpc) is 1.72. The number of carbonyl (C=O) groups is 2. The van der Waals surface area contributed by atoms with E-state index in [-0.39, 0.29) is 39.1 Å². The Morgan fingerprint density at radius 1 is 1.50 bits per heavy atom. The van der Waals surface area contributed by atoms with E-state index in [9.17, 15) is 4.79 Å². The van der Waals surface area contributed by atoms with E-state index in [1.54, 1.807) is 0 Å². The largest absolute Gasteiger partial charge is 0.479 e. The minimum atomic E-state index is -1.23. The molecule has 0 radical (unpaired) electrons. The topological polar surface area (TPSA) is 74.6 Å². The average molecular weight is 198 g/mol. The summed E-state index contributed by atoms with van der Waals surface area (Å²) in [5, 5.41) is 15.8. The van der Waals surface area contributed by atoms with E-state index in [4.69, 9.17) is 15.0 Å². The summed E-state index contributed by atoms with van der Waals surface area (Å²) >= 11 is 0. The fraction of sp³-hybridized carbons (Fsp3) is 0.500. The number of hydrogen-bond donors (Lipinski definition) is 2. The molecule has 2 N–H and O–H groups in total. The molecule has 1 unspecified atom stereocenters. The van der Waals surface area contributed by atoms with Crippen molar-refractivity contribution in [2.24, 2.45) is 0 Å². The molecule has 0 saturated carbocycles. The second kappa shape index (κ2) is 16.2. The smallest absolute Gasteiger partial charge is 0.332 e. The molecule has 0 heterocycles. The monoisotopic (exact) mass is 198 g/mol. The van der Waals surface area contributed by atoms with E-state index in [0.717, 1.165) is 0 Å². The van der Waals surface area contributed by atoms with Crippen molar-refractivity contribution >= 4 is 30.1 Å². The van der Waals surface area contributed by atoms with Gasteiger partial charge in [-0.1, -0.05) is 0 Å². The summed E-state index contributed by atoms with van der Waals surface area (Å²) in [7, 11) is 0. The Morgan fingerprint density at radius 3 is 1.60 bits per heavy atom. The van der Waals surface area contributed by atoms with Crippen molar-refractivity contribution in [1.82, 2.24) is 0 Å².